The van der Waals surface area contributed by atoms with Gasteiger partial charge in [-0.05, 0) is 48.7 Å². The van der Waals surface area contributed by atoms with Crippen molar-refractivity contribution >= 4 is 12.0 Å². The van der Waals surface area contributed by atoms with Crippen LogP contribution in [0.15, 0.2) is 60.7 Å². The summed E-state index contributed by atoms with van der Waals surface area (Å²) < 4.78 is 18.7. The molecule has 4 heteroatoms. The largest absolute Gasteiger partial charge is 0.462 e. The zero-order chi connectivity index (χ0) is 18.2. The van der Waals surface area contributed by atoms with Crippen LogP contribution in [-0.4, -0.2) is 30.6 Å². The normalized spacial score (nSPS) is 18.1. The summed E-state index contributed by atoms with van der Waals surface area (Å²) in [5.74, 6) is -0.183. The number of rotatable bonds is 6. The molecule has 1 fully saturated rings. The molecule has 0 aromatic heterocycles. The first kappa shape index (κ1) is 18.3. The minimum absolute atomic E-state index is 0.199. The Labute approximate surface area is 154 Å². The van der Waals surface area contributed by atoms with Crippen molar-refractivity contribution in [3.63, 3.8) is 0 Å². The van der Waals surface area contributed by atoms with Gasteiger partial charge in [-0.15, -0.1) is 0 Å². The van der Waals surface area contributed by atoms with Crippen LogP contribution < -0.4 is 0 Å². The second kappa shape index (κ2) is 9.30. The summed E-state index contributed by atoms with van der Waals surface area (Å²) in [6.07, 6.45) is 5.36. The van der Waals surface area contributed by atoms with Gasteiger partial charge in [0.1, 0.15) is 5.82 Å². The van der Waals surface area contributed by atoms with E-state index in [2.05, 4.69) is 4.90 Å². The Morgan fingerprint density at radius 1 is 1.19 bits per heavy atom. The highest BCUT2D eigenvalue weighted by atomic mass is 19.1. The number of nitrogens with zero attached hydrogens (tertiary/aromatic N) is 1. The first-order chi connectivity index (χ1) is 12.7. The van der Waals surface area contributed by atoms with Gasteiger partial charge in [0.15, 0.2) is 0 Å². The lowest BCUT2D eigenvalue weighted by Crippen LogP contribution is -2.37. The van der Waals surface area contributed by atoms with Gasteiger partial charge in [0.05, 0.1) is 6.61 Å². The van der Waals surface area contributed by atoms with E-state index in [0.29, 0.717) is 12.5 Å². The monoisotopic (exact) mass is 353 g/mol. The molecule has 1 aliphatic heterocycles. The third-order valence-electron chi connectivity index (χ3n) is 4.57. The van der Waals surface area contributed by atoms with Crippen LogP contribution in [0.2, 0.25) is 0 Å². The number of esters is 1. The molecule has 0 aliphatic carbocycles. The predicted molar refractivity (Wildman–Crippen MR) is 101 cm³/mol. The minimum Gasteiger partial charge on any atom is -0.462 e. The predicted octanol–water partition coefficient (Wildman–Crippen LogP) is 4.29. The standard InChI is InChI=1S/C22H24FNO2/c23-21-10-4-8-19(14-21)15-24-13-5-9-20(16-24)17-26-22(25)12-11-18-6-2-1-3-7-18/h1-4,6-8,10-12,14,20H,5,9,13,15-17H2. The van der Waals surface area contributed by atoms with Crippen LogP contribution in [-0.2, 0) is 16.1 Å². The molecular weight excluding hydrogens is 329 g/mol. The number of carbonyl (C=O) groups is 1. The molecule has 26 heavy (non-hydrogen) atoms. The Morgan fingerprint density at radius 3 is 2.85 bits per heavy atom. The van der Waals surface area contributed by atoms with Crippen molar-refractivity contribution < 1.29 is 13.9 Å². The molecule has 136 valence electrons. The molecule has 0 N–H and O–H groups in total. The molecule has 1 unspecified atom stereocenters. The SMILES string of the molecule is O=C(C=Cc1ccccc1)OCC1CCCN(Cc2cccc(F)c2)C1. The number of hydrogen-bond donors (Lipinski definition) is 0. The number of hydrogen-bond acceptors (Lipinski definition) is 3. The van der Waals surface area contributed by atoms with Gasteiger partial charge in [0.25, 0.3) is 0 Å². The Bertz CT molecular complexity index is 745. The van der Waals surface area contributed by atoms with Gasteiger partial charge < -0.3 is 4.74 Å². The van der Waals surface area contributed by atoms with Gasteiger partial charge in [0.2, 0.25) is 0 Å². The summed E-state index contributed by atoms with van der Waals surface area (Å²) in [6.45, 7) is 3.02. The van der Waals surface area contributed by atoms with E-state index in [4.69, 9.17) is 4.74 Å². The molecule has 0 saturated carbocycles. The smallest absolute Gasteiger partial charge is 0.330 e. The second-order valence-electron chi connectivity index (χ2n) is 6.75. The fraction of sp³-hybridized carbons (Fsp3) is 0.318. The summed E-state index contributed by atoms with van der Waals surface area (Å²) in [5.41, 5.74) is 1.96. The Morgan fingerprint density at radius 2 is 2.04 bits per heavy atom. The number of benzene rings is 2. The van der Waals surface area contributed by atoms with Crippen LogP contribution in [0.25, 0.3) is 6.08 Å². The summed E-state index contributed by atoms with van der Waals surface area (Å²) in [5, 5.41) is 0. The average Bonchev–Trinajstić information content (AvgIpc) is 2.66. The molecule has 0 radical (unpaired) electrons. The molecule has 1 atom stereocenters. The number of likely N-dealkylation sites (tertiary alicyclic amines) is 1. The van der Waals surface area contributed by atoms with E-state index in [1.165, 1.54) is 12.1 Å². The topological polar surface area (TPSA) is 29.5 Å². The highest BCUT2D eigenvalue weighted by Crippen LogP contribution is 2.19. The summed E-state index contributed by atoms with van der Waals surface area (Å²) in [6, 6.07) is 16.4. The fourth-order valence-corrected chi connectivity index (χ4v) is 3.30. The lowest BCUT2D eigenvalue weighted by atomic mass is 9.98. The molecule has 1 saturated heterocycles. The zero-order valence-corrected chi connectivity index (χ0v) is 14.8. The molecule has 3 rings (SSSR count). The van der Waals surface area contributed by atoms with Crippen LogP contribution in [0.1, 0.15) is 24.0 Å². The van der Waals surface area contributed by atoms with Crippen LogP contribution in [0, 0.1) is 11.7 Å². The van der Waals surface area contributed by atoms with Crippen LogP contribution in [0.4, 0.5) is 4.39 Å². The highest BCUT2D eigenvalue weighted by molar-refractivity contribution is 5.87. The molecular formula is C22H24FNO2. The van der Waals surface area contributed by atoms with Crippen LogP contribution in [0.5, 0.6) is 0 Å². The maximum atomic E-state index is 13.3. The van der Waals surface area contributed by atoms with Gasteiger partial charge in [-0.25, -0.2) is 9.18 Å². The number of ether oxygens (including phenoxy) is 1. The van der Waals surface area contributed by atoms with Crippen molar-refractivity contribution in [2.75, 3.05) is 19.7 Å². The third kappa shape index (κ3) is 5.81. The Balaban J connectivity index is 1.44. The van der Waals surface area contributed by atoms with Gasteiger partial charge >= 0.3 is 5.97 Å². The molecule has 0 amide bonds. The summed E-state index contributed by atoms with van der Waals surface area (Å²) >= 11 is 0. The van der Waals surface area contributed by atoms with Crippen molar-refractivity contribution in [1.82, 2.24) is 4.90 Å². The number of carbonyl (C=O) groups excluding carboxylic acids is 1. The first-order valence-electron chi connectivity index (χ1n) is 9.06. The lowest BCUT2D eigenvalue weighted by molar-refractivity contribution is -0.139. The number of halogens is 1. The average molecular weight is 353 g/mol. The van der Waals surface area contributed by atoms with Crippen molar-refractivity contribution in [2.24, 2.45) is 5.92 Å². The van der Waals surface area contributed by atoms with E-state index >= 15 is 0 Å². The first-order valence-corrected chi connectivity index (χ1v) is 9.06. The van der Waals surface area contributed by atoms with E-state index in [0.717, 1.165) is 43.6 Å². The zero-order valence-electron chi connectivity index (χ0n) is 14.8. The van der Waals surface area contributed by atoms with Crippen molar-refractivity contribution in [1.29, 1.82) is 0 Å². The van der Waals surface area contributed by atoms with Crippen LogP contribution >= 0.6 is 0 Å². The maximum absolute atomic E-state index is 13.3. The number of piperidine rings is 1. The molecule has 1 aliphatic rings. The lowest BCUT2D eigenvalue weighted by Gasteiger charge is -2.32. The maximum Gasteiger partial charge on any atom is 0.330 e. The van der Waals surface area contributed by atoms with Crippen molar-refractivity contribution in [2.45, 2.75) is 19.4 Å². The molecule has 2 aromatic carbocycles. The fourth-order valence-electron chi connectivity index (χ4n) is 3.30. The van der Waals surface area contributed by atoms with E-state index in [-0.39, 0.29) is 11.8 Å². The van der Waals surface area contributed by atoms with Gasteiger partial charge in [0, 0.05) is 25.1 Å². The van der Waals surface area contributed by atoms with E-state index < -0.39 is 0 Å². The molecule has 2 aromatic rings. The van der Waals surface area contributed by atoms with Crippen LogP contribution in [0.3, 0.4) is 0 Å². The van der Waals surface area contributed by atoms with Crippen molar-refractivity contribution in [3.8, 4) is 0 Å². The molecule has 3 nitrogen and oxygen atoms in total. The van der Waals surface area contributed by atoms with Gasteiger partial charge in [-0.1, -0.05) is 42.5 Å². The van der Waals surface area contributed by atoms with Gasteiger partial charge in [-0.3, -0.25) is 4.90 Å². The summed E-state index contributed by atoms with van der Waals surface area (Å²) in [7, 11) is 0. The van der Waals surface area contributed by atoms with E-state index in [1.54, 1.807) is 18.2 Å². The van der Waals surface area contributed by atoms with Crippen molar-refractivity contribution in [3.05, 3.63) is 77.6 Å². The second-order valence-corrected chi connectivity index (χ2v) is 6.75. The Kier molecular flexibility index (Phi) is 6.56. The summed E-state index contributed by atoms with van der Waals surface area (Å²) in [4.78, 5) is 14.2. The van der Waals surface area contributed by atoms with Gasteiger partial charge in [-0.2, -0.15) is 0 Å². The third-order valence-corrected chi connectivity index (χ3v) is 4.57. The highest BCUT2D eigenvalue weighted by Gasteiger charge is 2.21. The van der Waals surface area contributed by atoms with E-state index in [9.17, 15) is 9.18 Å². The minimum atomic E-state index is -0.309. The quantitative estimate of drug-likeness (QED) is 0.573. The molecule has 0 spiro atoms. The Hall–Kier alpha value is -2.46. The molecule has 1 heterocycles. The molecule has 0 bridgehead atoms. The van der Waals surface area contributed by atoms with E-state index in [1.807, 2.05) is 36.4 Å².